The van der Waals surface area contributed by atoms with E-state index in [1.54, 1.807) is 26.0 Å². The summed E-state index contributed by atoms with van der Waals surface area (Å²) in [5.74, 6) is -3.01. The molecule has 5 unspecified atom stereocenters. The Labute approximate surface area is 208 Å². The van der Waals surface area contributed by atoms with Crippen LogP contribution in [0.25, 0.3) is 0 Å². The summed E-state index contributed by atoms with van der Waals surface area (Å²) in [4.78, 5) is 49.2. The minimum Gasteiger partial charge on any atom is -0.428 e. The van der Waals surface area contributed by atoms with Crippen LogP contribution in [-0.4, -0.2) is 43.2 Å². The Morgan fingerprint density at radius 1 is 0.971 bits per heavy atom. The zero-order chi connectivity index (χ0) is 25.5. The highest BCUT2D eigenvalue weighted by Crippen LogP contribution is 2.64. The second-order valence-corrected chi connectivity index (χ2v) is 9.90. The van der Waals surface area contributed by atoms with E-state index in [2.05, 4.69) is 0 Å². The van der Waals surface area contributed by atoms with Gasteiger partial charge in [0, 0.05) is 23.5 Å². The monoisotopic (exact) mass is 510 g/mol. The fourth-order valence-corrected chi connectivity index (χ4v) is 5.82. The fourth-order valence-electron chi connectivity index (χ4n) is 4.65. The second kappa shape index (κ2) is 12.4. The van der Waals surface area contributed by atoms with Crippen molar-refractivity contribution in [3.05, 3.63) is 29.6 Å². The lowest BCUT2D eigenvalue weighted by Gasteiger charge is -2.22. The smallest absolute Gasteiger partial charge is 0.312 e. The normalized spacial score (nSPS) is 24.3. The van der Waals surface area contributed by atoms with Gasteiger partial charge in [0.05, 0.1) is 11.8 Å². The first-order valence-corrected chi connectivity index (χ1v) is 12.8. The van der Waals surface area contributed by atoms with E-state index >= 15 is 0 Å². The third-order valence-corrected chi connectivity index (χ3v) is 7.63. The molecule has 10 heteroatoms. The number of aryl methyl sites for hydroxylation is 1. The number of carbonyl (C=O) groups is 4. The molecule has 2 fully saturated rings. The molecule has 0 amide bonds. The SMILES string of the molecule is CCCC(=O)OCOC(=O)C1C(CSc2ccc(F)c(C)c2)CC2C(C(=O)OCOC(=O)CC)C21. The molecule has 2 saturated carbocycles. The van der Waals surface area contributed by atoms with Crippen LogP contribution in [0.1, 0.15) is 45.1 Å². The van der Waals surface area contributed by atoms with Crippen molar-refractivity contribution < 1.29 is 42.5 Å². The van der Waals surface area contributed by atoms with Crippen molar-refractivity contribution in [2.45, 2.75) is 51.3 Å². The molecule has 0 heterocycles. The van der Waals surface area contributed by atoms with Crippen molar-refractivity contribution >= 4 is 35.6 Å². The molecule has 2 aliphatic carbocycles. The standard InChI is InChI=1S/C25H31FO8S/c1-4-6-20(28)32-13-33-24(29)21-15(11-35-16-7-8-18(26)14(3)9-16)10-17-22(21)23(17)25(30)34-12-31-19(27)5-2/h7-9,15,17,21-23H,4-6,10-13H2,1-3H3. The van der Waals surface area contributed by atoms with Crippen LogP contribution >= 0.6 is 11.8 Å². The summed E-state index contributed by atoms with van der Waals surface area (Å²) in [5, 5.41) is 0. The Balaban J connectivity index is 1.60. The molecule has 8 nitrogen and oxygen atoms in total. The lowest BCUT2D eigenvalue weighted by molar-refractivity contribution is -0.171. The minimum atomic E-state index is -0.560. The number of rotatable bonds is 12. The predicted molar refractivity (Wildman–Crippen MR) is 123 cm³/mol. The van der Waals surface area contributed by atoms with E-state index in [9.17, 15) is 23.6 Å². The van der Waals surface area contributed by atoms with Crippen LogP contribution in [-0.2, 0) is 38.1 Å². The molecule has 0 N–H and O–H groups in total. The van der Waals surface area contributed by atoms with E-state index in [0.717, 1.165) is 4.90 Å². The van der Waals surface area contributed by atoms with Crippen LogP contribution < -0.4 is 0 Å². The molecule has 1 aromatic rings. The van der Waals surface area contributed by atoms with E-state index in [-0.39, 0.29) is 36.4 Å². The third kappa shape index (κ3) is 6.96. The van der Waals surface area contributed by atoms with Crippen LogP contribution in [0.3, 0.4) is 0 Å². The number of hydrogen-bond acceptors (Lipinski definition) is 9. The Kier molecular flexibility index (Phi) is 9.54. The average molecular weight is 511 g/mol. The summed E-state index contributed by atoms with van der Waals surface area (Å²) in [6.45, 7) is 4.25. The van der Waals surface area contributed by atoms with Crippen LogP contribution in [0.5, 0.6) is 0 Å². The lowest BCUT2D eigenvalue weighted by Crippen LogP contribution is -2.30. The molecule has 1 aromatic carbocycles. The van der Waals surface area contributed by atoms with Gasteiger partial charge < -0.3 is 18.9 Å². The summed E-state index contributed by atoms with van der Waals surface area (Å²) in [7, 11) is 0. The number of carbonyl (C=O) groups excluding carboxylic acids is 4. The Morgan fingerprint density at radius 2 is 1.63 bits per heavy atom. The Hall–Kier alpha value is -2.62. The van der Waals surface area contributed by atoms with Gasteiger partial charge in [0.2, 0.25) is 13.6 Å². The van der Waals surface area contributed by atoms with Gasteiger partial charge in [-0.3, -0.25) is 19.2 Å². The minimum absolute atomic E-state index is 0.0369. The number of hydrogen-bond donors (Lipinski definition) is 0. The molecule has 0 saturated heterocycles. The molecule has 0 spiro atoms. The van der Waals surface area contributed by atoms with Gasteiger partial charge in [-0.2, -0.15) is 0 Å². The molecule has 0 bridgehead atoms. The third-order valence-electron chi connectivity index (χ3n) is 6.45. The first-order chi connectivity index (χ1) is 16.8. The van der Waals surface area contributed by atoms with Crippen molar-refractivity contribution in [1.82, 2.24) is 0 Å². The van der Waals surface area contributed by atoms with E-state index in [1.807, 2.05) is 6.92 Å². The van der Waals surface area contributed by atoms with Crippen molar-refractivity contribution in [3.63, 3.8) is 0 Å². The highest BCUT2D eigenvalue weighted by atomic mass is 32.2. The fraction of sp³-hybridized carbons (Fsp3) is 0.600. The maximum atomic E-state index is 13.6. The summed E-state index contributed by atoms with van der Waals surface area (Å²) < 4.78 is 33.7. The number of fused-ring (bicyclic) bond motifs is 1. The summed E-state index contributed by atoms with van der Waals surface area (Å²) >= 11 is 1.52. The van der Waals surface area contributed by atoms with E-state index in [4.69, 9.17) is 18.9 Å². The number of thioether (sulfide) groups is 1. The van der Waals surface area contributed by atoms with Gasteiger partial charge in [-0.05, 0) is 61.3 Å². The quantitative estimate of drug-likeness (QED) is 0.234. The number of halogens is 1. The Bertz CT molecular complexity index is 951. The van der Waals surface area contributed by atoms with E-state index in [1.165, 1.54) is 17.8 Å². The second-order valence-electron chi connectivity index (χ2n) is 8.81. The maximum Gasteiger partial charge on any atom is 0.312 e. The van der Waals surface area contributed by atoms with Crippen molar-refractivity contribution in [2.24, 2.45) is 29.6 Å². The van der Waals surface area contributed by atoms with Gasteiger partial charge in [-0.1, -0.05) is 13.8 Å². The molecular weight excluding hydrogens is 479 g/mol. The van der Waals surface area contributed by atoms with Crippen LogP contribution in [0, 0.1) is 42.3 Å². The van der Waals surface area contributed by atoms with Gasteiger partial charge in [-0.15, -0.1) is 11.8 Å². The van der Waals surface area contributed by atoms with Crippen molar-refractivity contribution in [2.75, 3.05) is 19.3 Å². The summed E-state index contributed by atoms with van der Waals surface area (Å²) in [5.41, 5.74) is 0.542. The molecule has 3 rings (SSSR count). The van der Waals surface area contributed by atoms with E-state index in [0.29, 0.717) is 24.2 Å². The summed E-state index contributed by atoms with van der Waals surface area (Å²) in [6, 6.07) is 4.87. The first-order valence-electron chi connectivity index (χ1n) is 11.8. The van der Waals surface area contributed by atoms with Gasteiger partial charge in [0.1, 0.15) is 5.82 Å². The predicted octanol–water partition coefficient (Wildman–Crippen LogP) is 4.02. The van der Waals surface area contributed by atoms with Gasteiger partial charge in [0.25, 0.3) is 0 Å². The Morgan fingerprint density at radius 3 is 2.26 bits per heavy atom. The topological polar surface area (TPSA) is 105 Å². The highest BCUT2D eigenvalue weighted by Gasteiger charge is 2.67. The molecule has 5 atom stereocenters. The van der Waals surface area contributed by atoms with E-state index < -0.39 is 49.3 Å². The number of benzene rings is 1. The molecule has 0 aliphatic heterocycles. The maximum absolute atomic E-state index is 13.6. The molecule has 0 aromatic heterocycles. The molecule has 2 aliphatic rings. The average Bonchev–Trinajstić information content (AvgIpc) is 3.39. The molecule has 35 heavy (non-hydrogen) atoms. The first kappa shape index (κ1) is 27.0. The number of ether oxygens (including phenoxy) is 4. The van der Waals surface area contributed by atoms with Gasteiger partial charge in [0.15, 0.2) is 0 Å². The van der Waals surface area contributed by atoms with Crippen molar-refractivity contribution in [1.29, 1.82) is 0 Å². The number of esters is 4. The van der Waals surface area contributed by atoms with Crippen molar-refractivity contribution in [3.8, 4) is 0 Å². The van der Waals surface area contributed by atoms with Gasteiger partial charge in [-0.25, -0.2) is 4.39 Å². The molecule has 0 radical (unpaired) electrons. The van der Waals surface area contributed by atoms with Crippen LogP contribution in [0.2, 0.25) is 0 Å². The molecule has 192 valence electrons. The zero-order valence-corrected chi connectivity index (χ0v) is 20.9. The van der Waals surface area contributed by atoms with Crippen LogP contribution in [0.4, 0.5) is 4.39 Å². The molecular formula is C25H31FO8S. The lowest BCUT2D eigenvalue weighted by atomic mass is 9.90. The van der Waals surface area contributed by atoms with Gasteiger partial charge >= 0.3 is 23.9 Å². The zero-order valence-electron chi connectivity index (χ0n) is 20.1. The highest BCUT2D eigenvalue weighted by molar-refractivity contribution is 7.99. The summed E-state index contributed by atoms with van der Waals surface area (Å²) in [6.07, 6.45) is 1.66. The van der Waals surface area contributed by atoms with Crippen LogP contribution in [0.15, 0.2) is 23.1 Å². The largest absolute Gasteiger partial charge is 0.428 e.